The van der Waals surface area contributed by atoms with E-state index >= 15 is 0 Å². The number of nitrogens with zero attached hydrogens (tertiary/aromatic N) is 1. The number of hydrogen-bond donors (Lipinski definition) is 1. The molecule has 2 rings (SSSR count). The fourth-order valence-electron chi connectivity index (χ4n) is 1.57. The molecule has 0 spiro atoms. The second kappa shape index (κ2) is 3.47. The van der Waals surface area contributed by atoms with Crippen molar-refractivity contribution in [1.29, 1.82) is 0 Å². The molecule has 0 aliphatic heterocycles. The van der Waals surface area contributed by atoms with Crippen LogP contribution in [-0.4, -0.2) is 10.5 Å². The fourth-order valence-corrected chi connectivity index (χ4v) is 1.74. The van der Waals surface area contributed by atoms with Crippen LogP contribution < -0.4 is 5.73 Å². The van der Waals surface area contributed by atoms with Gasteiger partial charge in [-0.3, -0.25) is 10.1 Å². The number of hydrogen-bond acceptors (Lipinski definition) is 3. The maximum Gasteiger partial charge on any atom is 0.274 e. The lowest BCUT2D eigenvalue weighted by atomic mass is 10.0. The van der Waals surface area contributed by atoms with Gasteiger partial charge in [0, 0.05) is 22.2 Å². The Morgan fingerprint density at radius 1 is 1.53 bits per heavy atom. The van der Waals surface area contributed by atoms with Crippen molar-refractivity contribution < 1.29 is 4.92 Å². The average Bonchev–Trinajstić information content (AvgIpc) is 2.87. The molecule has 1 aromatic carbocycles. The third kappa shape index (κ3) is 2.27. The van der Waals surface area contributed by atoms with Crippen LogP contribution in [0.5, 0.6) is 0 Å². The third-order valence-electron chi connectivity index (χ3n) is 2.68. The quantitative estimate of drug-likeness (QED) is 0.635. The largest absolute Gasteiger partial charge is 0.325 e. The van der Waals surface area contributed by atoms with Crippen molar-refractivity contribution in [1.82, 2.24) is 0 Å². The van der Waals surface area contributed by atoms with E-state index in [1.54, 1.807) is 12.1 Å². The highest BCUT2D eigenvalue weighted by Gasteiger charge is 2.39. The second-order valence-corrected chi connectivity index (χ2v) is 4.51. The van der Waals surface area contributed by atoms with Gasteiger partial charge >= 0.3 is 0 Å². The molecule has 15 heavy (non-hydrogen) atoms. The van der Waals surface area contributed by atoms with Crippen LogP contribution in [0.3, 0.4) is 0 Å². The molecule has 0 saturated heterocycles. The summed E-state index contributed by atoms with van der Waals surface area (Å²) in [7, 11) is 0. The van der Waals surface area contributed by atoms with E-state index in [9.17, 15) is 10.1 Å². The van der Waals surface area contributed by atoms with Gasteiger partial charge in [0.1, 0.15) is 0 Å². The summed E-state index contributed by atoms with van der Waals surface area (Å²) in [5, 5.41) is 11.2. The molecule has 4 nitrogen and oxygen atoms in total. The van der Waals surface area contributed by atoms with E-state index in [0.717, 1.165) is 12.8 Å². The molecule has 0 heterocycles. The molecule has 1 aromatic rings. The van der Waals surface area contributed by atoms with E-state index in [4.69, 9.17) is 17.3 Å². The van der Waals surface area contributed by atoms with Crippen LogP contribution in [0, 0.1) is 10.1 Å². The summed E-state index contributed by atoms with van der Waals surface area (Å²) >= 11 is 5.71. The van der Waals surface area contributed by atoms with Gasteiger partial charge < -0.3 is 5.73 Å². The first-order valence-corrected chi connectivity index (χ1v) is 5.10. The topological polar surface area (TPSA) is 69.2 Å². The van der Waals surface area contributed by atoms with Gasteiger partial charge in [0.15, 0.2) is 0 Å². The Kier molecular flexibility index (Phi) is 2.40. The van der Waals surface area contributed by atoms with Gasteiger partial charge in [0.25, 0.3) is 5.69 Å². The number of benzene rings is 1. The summed E-state index contributed by atoms with van der Waals surface area (Å²) in [6.07, 6.45) is 2.43. The predicted molar refractivity (Wildman–Crippen MR) is 58.0 cm³/mol. The van der Waals surface area contributed by atoms with Gasteiger partial charge in [-0.25, -0.2) is 0 Å². The first kappa shape index (κ1) is 10.4. The van der Waals surface area contributed by atoms with Crippen LogP contribution >= 0.6 is 11.6 Å². The molecule has 1 aliphatic carbocycles. The average molecular weight is 227 g/mol. The van der Waals surface area contributed by atoms with Crippen LogP contribution in [0.4, 0.5) is 5.69 Å². The molecule has 5 heteroatoms. The molecule has 0 bridgehead atoms. The summed E-state index contributed by atoms with van der Waals surface area (Å²) in [6, 6.07) is 4.73. The Hall–Kier alpha value is -1.13. The van der Waals surface area contributed by atoms with E-state index < -0.39 is 4.92 Å². The molecule has 0 amide bonds. The number of nitro benzene ring substituents is 1. The van der Waals surface area contributed by atoms with Crippen molar-refractivity contribution in [2.24, 2.45) is 5.73 Å². The van der Waals surface area contributed by atoms with Gasteiger partial charge in [-0.1, -0.05) is 17.7 Å². The molecule has 0 aromatic heterocycles. The zero-order valence-corrected chi connectivity index (χ0v) is 8.83. The first-order chi connectivity index (χ1) is 7.00. The van der Waals surface area contributed by atoms with Crippen LogP contribution in [0.1, 0.15) is 18.4 Å². The summed E-state index contributed by atoms with van der Waals surface area (Å²) in [5.74, 6) is 0. The van der Waals surface area contributed by atoms with Crippen LogP contribution in [0.2, 0.25) is 5.02 Å². The summed E-state index contributed by atoms with van der Waals surface area (Å²) in [4.78, 5) is 10.4. The normalized spacial score (nSPS) is 17.5. The number of halogens is 1. The van der Waals surface area contributed by atoms with Crippen molar-refractivity contribution in [2.75, 3.05) is 0 Å². The van der Waals surface area contributed by atoms with Gasteiger partial charge in [0.05, 0.1) is 4.92 Å². The Balaban J connectivity index is 2.32. The van der Waals surface area contributed by atoms with Crippen molar-refractivity contribution in [3.63, 3.8) is 0 Å². The van der Waals surface area contributed by atoms with Gasteiger partial charge in [-0.15, -0.1) is 0 Å². The Bertz CT molecular complexity index is 416. The maximum absolute atomic E-state index is 10.8. The van der Waals surface area contributed by atoms with Gasteiger partial charge in [-0.2, -0.15) is 0 Å². The highest BCUT2D eigenvalue weighted by Crippen LogP contribution is 2.38. The first-order valence-electron chi connectivity index (χ1n) is 4.72. The summed E-state index contributed by atoms with van der Waals surface area (Å²) < 4.78 is 0. The molecule has 1 aliphatic rings. The molecular weight excluding hydrogens is 216 g/mol. The van der Waals surface area contributed by atoms with E-state index in [2.05, 4.69) is 0 Å². The van der Waals surface area contributed by atoms with E-state index in [0.29, 0.717) is 17.0 Å². The maximum atomic E-state index is 10.8. The minimum Gasteiger partial charge on any atom is -0.325 e. The molecule has 1 saturated carbocycles. The Labute approximate surface area is 92.2 Å². The monoisotopic (exact) mass is 226 g/mol. The highest BCUT2D eigenvalue weighted by atomic mass is 35.5. The zero-order valence-electron chi connectivity index (χ0n) is 8.07. The molecule has 1 fully saturated rings. The lowest BCUT2D eigenvalue weighted by Crippen LogP contribution is -2.24. The van der Waals surface area contributed by atoms with Gasteiger partial charge in [-0.05, 0) is 25.3 Å². The van der Waals surface area contributed by atoms with Crippen LogP contribution in [0.25, 0.3) is 0 Å². The smallest absolute Gasteiger partial charge is 0.274 e. The van der Waals surface area contributed by atoms with Crippen molar-refractivity contribution >= 4 is 17.3 Å². The molecule has 2 N–H and O–H groups in total. The molecular formula is C10H11ClN2O2. The van der Waals surface area contributed by atoms with Gasteiger partial charge in [0.2, 0.25) is 0 Å². The lowest BCUT2D eigenvalue weighted by molar-refractivity contribution is -0.385. The van der Waals surface area contributed by atoms with Crippen LogP contribution in [0.15, 0.2) is 18.2 Å². The lowest BCUT2D eigenvalue weighted by Gasteiger charge is -2.08. The van der Waals surface area contributed by atoms with E-state index in [1.807, 2.05) is 0 Å². The molecule has 80 valence electrons. The Morgan fingerprint density at radius 3 is 2.73 bits per heavy atom. The zero-order chi connectivity index (χ0) is 11.1. The van der Waals surface area contributed by atoms with E-state index in [1.165, 1.54) is 6.07 Å². The molecule has 0 atom stereocenters. The van der Waals surface area contributed by atoms with E-state index in [-0.39, 0.29) is 11.2 Å². The minimum absolute atomic E-state index is 0.0687. The number of nitrogens with two attached hydrogens (primary N) is 1. The molecule has 0 unspecified atom stereocenters. The van der Waals surface area contributed by atoms with Crippen molar-refractivity contribution in [3.05, 3.63) is 38.9 Å². The standard InChI is InChI=1S/C10H11ClN2O2/c11-8-2-1-7(6-10(12)3-4-10)9(5-8)13(14)15/h1-2,5H,3-4,6,12H2. The van der Waals surface area contributed by atoms with Crippen LogP contribution in [-0.2, 0) is 6.42 Å². The Morgan fingerprint density at radius 2 is 2.20 bits per heavy atom. The highest BCUT2D eigenvalue weighted by molar-refractivity contribution is 6.30. The van der Waals surface area contributed by atoms with Crippen molar-refractivity contribution in [3.8, 4) is 0 Å². The summed E-state index contributed by atoms with van der Waals surface area (Å²) in [5.41, 5.74) is 6.45. The van der Waals surface area contributed by atoms with Crippen molar-refractivity contribution in [2.45, 2.75) is 24.8 Å². The molecule has 0 radical (unpaired) electrons. The minimum atomic E-state index is -0.410. The third-order valence-corrected chi connectivity index (χ3v) is 2.91. The number of nitro groups is 1. The number of rotatable bonds is 3. The predicted octanol–water partition coefficient (Wildman–Crippen LogP) is 2.28. The SMILES string of the molecule is NC1(Cc2ccc(Cl)cc2[N+](=O)[O-])CC1. The fraction of sp³-hybridized carbons (Fsp3) is 0.400. The second-order valence-electron chi connectivity index (χ2n) is 4.07. The summed E-state index contributed by atoms with van der Waals surface area (Å²) in [6.45, 7) is 0.